The van der Waals surface area contributed by atoms with E-state index in [9.17, 15) is 0 Å². The predicted octanol–water partition coefficient (Wildman–Crippen LogP) is 4.29. The van der Waals surface area contributed by atoms with Gasteiger partial charge in [0.15, 0.2) is 0 Å². The van der Waals surface area contributed by atoms with Gasteiger partial charge in [-0.3, -0.25) is 0 Å². The molecule has 2 rings (SSSR count). The number of hydrogen-bond donors (Lipinski definition) is 1. The van der Waals surface area contributed by atoms with Gasteiger partial charge in [-0.15, -0.1) is 11.3 Å². The first-order valence-corrected chi connectivity index (χ1v) is 7.00. The van der Waals surface area contributed by atoms with Crippen molar-refractivity contribution in [2.45, 2.75) is 19.4 Å². The highest BCUT2D eigenvalue weighted by molar-refractivity contribution is 7.10. The molecule has 1 heterocycles. The fourth-order valence-electron chi connectivity index (χ4n) is 1.74. The fraction of sp³-hybridized carbons (Fsp3) is 0.286. The summed E-state index contributed by atoms with van der Waals surface area (Å²) in [4.78, 5) is 1.43. The molecule has 0 bridgehead atoms. The number of thiophene rings is 1. The minimum atomic E-state index is 0.553. The molecule has 3 heteroatoms. The van der Waals surface area contributed by atoms with Gasteiger partial charge in [0.2, 0.25) is 0 Å². The second kappa shape index (κ2) is 6.20. The van der Waals surface area contributed by atoms with Crippen LogP contribution in [-0.4, -0.2) is 6.54 Å². The second-order valence-corrected chi connectivity index (χ2v) is 5.53. The van der Waals surface area contributed by atoms with E-state index < -0.39 is 0 Å². The third-order valence-electron chi connectivity index (χ3n) is 2.75. The third-order valence-corrected chi connectivity index (χ3v) is 4.23. The van der Waals surface area contributed by atoms with Crippen LogP contribution in [-0.2, 0) is 6.54 Å². The molecule has 2 aromatic rings. The fourth-order valence-corrected chi connectivity index (χ4v) is 2.73. The molecule has 0 fully saturated rings. The van der Waals surface area contributed by atoms with Crippen LogP contribution < -0.4 is 5.32 Å². The van der Waals surface area contributed by atoms with Crippen LogP contribution in [0.3, 0.4) is 0 Å². The monoisotopic (exact) mass is 265 g/mol. The van der Waals surface area contributed by atoms with E-state index in [-0.39, 0.29) is 0 Å². The van der Waals surface area contributed by atoms with Crippen LogP contribution >= 0.6 is 22.9 Å². The Balaban J connectivity index is 1.82. The van der Waals surface area contributed by atoms with Gasteiger partial charge in [0.05, 0.1) is 0 Å². The first kappa shape index (κ1) is 12.6. The zero-order chi connectivity index (χ0) is 12.1. The van der Waals surface area contributed by atoms with Crippen molar-refractivity contribution in [2.75, 3.05) is 6.54 Å². The second-order valence-electron chi connectivity index (χ2n) is 4.14. The van der Waals surface area contributed by atoms with Crippen LogP contribution in [0.1, 0.15) is 23.3 Å². The van der Waals surface area contributed by atoms with Crippen molar-refractivity contribution >= 4 is 22.9 Å². The molecule has 0 radical (unpaired) electrons. The Bertz CT molecular complexity index is 453. The maximum Gasteiger partial charge on any atom is 0.0450 e. The van der Waals surface area contributed by atoms with Crippen LogP contribution in [0.5, 0.6) is 0 Å². The van der Waals surface area contributed by atoms with Crippen molar-refractivity contribution in [3.8, 4) is 0 Å². The minimum absolute atomic E-state index is 0.553. The first-order valence-electron chi connectivity index (χ1n) is 5.75. The normalized spacial score (nSPS) is 12.6. The molecular weight excluding hydrogens is 250 g/mol. The summed E-state index contributed by atoms with van der Waals surface area (Å²) in [5.74, 6) is 0.553. The molecule has 1 aromatic heterocycles. The average Bonchev–Trinajstić information content (AvgIpc) is 2.85. The van der Waals surface area contributed by atoms with E-state index in [1.54, 1.807) is 0 Å². The summed E-state index contributed by atoms with van der Waals surface area (Å²) in [6.45, 7) is 4.05. The van der Waals surface area contributed by atoms with E-state index in [1.807, 2.05) is 29.5 Å². The third kappa shape index (κ3) is 3.56. The summed E-state index contributed by atoms with van der Waals surface area (Å²) in [5.41, 5.74) is 1.16. The lowest BCUT2D eigenvalue weighted by atomic mass is 10.1. The van der Waals surface area contributed by atoms with E-state index in [0.29, 0.717) is 5.92 Å². The molecule has 0 aliphatic heterocycles. The van der Waals surface area contributed by atoms with Gasteiger partial charge in [0.25, 0.3) is 0 Å². The summed E-state index contributed by atoms with van der Waals surface area (Å²) in [5, 5.41) is 6.41. The minimum Gasteiger partial charge on any atom is -0.312 e. The largest absolute Gasteiger partial charge is 0.312 e. The van der Waals surface area contributed by atoms with Crippen molar-refractivity contribution in [1.82, 2.24) is 5.32 Å². The van der Waals surface area contributed by atoms with Gasteiger partial charge < -0.3 is 5.32 Å². The van der Waals surface area contributed by atoms with Gasteiger partial charge in [-0.25, -0.2) is 0 Å². The van der Waals surface area contributed by atoms with Gasteiger partial charge in [0.1, 0.15) is 0 Å². The molecule has 90 valence electrons. The summed E-state index contributed by atoms with van der Waals surface area (Å²) in [6.07, 6.45) is 0. The number of nitrogens with one attached hydrogen (secondary N) is 1. The predicted molar refractivity (Wildman–Crippen MR) is 75.9 cm³/mol. The number of hydrogen-bond acceptors (Lipinski definition) is 2. The van der Waals surface area contributed by atoms with Gasteiger partial charge in [-0.1, -0.05) is 42.8 Å². The van der Waals surface area contributed by atoms with E-state index in [4.69, 9.17) is 11.6 Å². The van der Waals surface area contributed by atoms with Crippen molar-refractivity contribution < 1.29 is 0 Å². The number of benzene rings is 1. The summed E-state index contributed by atoms with van der Waals surface area (Å²) in [7, 11) is 0. The highest BCUT2D eigenvalue weighted by atomic mass is 35.5. The molecular formula is C14H16ClNS. The summed E-state index contributed by atoms with van der Waals surface area (Å²) in [6, 6.07) is 12.3. The molecule has 1 nitrogen and oxygen atoms in total. The molecule has 1 atom stereocenters. The summed E-state index contributed by atoms with van der Waals surface area (Å²) >= 11 is 7.92. The van der Waals surface area contributed by atoms with Crippen molar-refractivity contribution in [1.29, 1.82) is 0 Å². The van der Waals surface area contributed by atoms with Crippen LogP contribution in [0.4, 0.5) is 0 Å². The SMILES string of the molecule is CC(CNCc1ccccc1Cl)c1cccs1. The zero-order valence-corrected chi connectivity index (χ0v) is 11.4. The Labute approximate surface area is 111 Å². The van der Waals surface area contributed by atoms with Crippen LogP contribution in [0.2, 0.25) is 5.02 Å². The van der Waals surface area contributed by atoms with Crippen molar-refractivity contribution in [3.05, 3.63) is 57.2 Å². The van der Waals surface area contributed by atoms with E-state index >= 15 is 0 Å². The standard InChI is InChI=1S/C14H16ClNS/c1-11(14-7-4-8-17-14)9-16-10-12-5-2-3-6-13(12)15/h2-8,11,16H,9-10H2,1H3. The quantitative estimate of drug-likeness (QED) is 0.850. The maximum atomic E-state index is 6.10. The van der Waals surface area contributed by atoms with Crippen LogP contribution in [0.25, 0.3) is 0 Å². The molecule has 0 saturated carbocycles. The smallest absolute Gasteiger partial charge is 0.0450 e. The topological polar surface area (TPSA) is 12.0 Å². The van der Waals surface area contributed by atoms with Gasteiger partial charge in [0, 0.05) is 28.9 Å². The van der Waals surface area contributed by atoms with Crippen LogP contribution in [0.15, 0.2) is 41.8 Å². The molecule has 0 aliphatic carbocycles. The van der Waals surface area contributed by atoms with Gasteiger partial charge in [-0.05, 0) is 23.1 Å². The number of halogens is 1. The Morgan fingerprint density at radius 1 is 1.24 bits per heavy atom. The molecule has 1 N–H and O–H groups in total. The maximum absolute atomic E-state index is 6.10. The van der Waals surface area contributed by atoms with Gasteiger partial charge >= 0.3 is 0 Å². The number of rotatable bonds is 5. The molecule has 0 amide bonds. The lowest BCUT2D eigenvalue weighted by Crippen LogP contribution is -2.19. The average molecular weight is 266 g/mol. The Hall–Kier alpha value is -0.830. The molecule has 0 saturated heterocycles. The molecule has 0 spiro atoms. The Kier molecular flexibility index (Phi) is 4.60. The first-order chi connectivity index (χ1) is 8.27. The highest BCUT2D eigenvalue weighted by Gasteiger charge is 2.06. The molecule has 1 unspecified atom stereocenters. The lowest BCUT2D eigenvalue weighted by molar-refractivity contribution is 0.621. The molecule has 1 aromatic carbocycles. The molecule has 0 aliphatic rings. The molecule has 17 heavy (non-hydrogen) atoms. The van der Waals surface area contributed by atoms with Crippen molar-refractivity contribution in [2.24, 2.45) is 0 Å². The Morgan fingerprint density at radius 3 is 2.76 bits per heavy atom. The van der Waals surface area contributed by atoms with E-state index in [1.165, 1.54) is 4.88 Å². The summed E-state index contributed by atoms with van der Waals surface area (Å²) < 4.78 is 0. The lowest BCUT2D eigenvalue weighted by Gasteiger charge is -2.11. The van der Waals surface area contributed by atoms with E-state index in [2.05, 4.69) is 35.8 Å². The highest BCUT2D eigenvalue weighted by Crippen LogP contribution is 2.20. The van der Waals surface area contributed by atoms with E-state index in [0.717, 1.165) is 23.7 Å². The zero-order valence-electron chi connectivity index (χ0n) is 9.82. The van der Waals surface area contributed by atoms with Crippen molar-refractivity contribution in [3.63, 3.8) is 0 Å². The van der Waals surface area contributed by atoms with Gasteiger partial charge in [-0.2, -0.15) is 0 Å². The van der Waals surface area contributed by atoms with Crippen LogP contribution in [0, 0.1) is 0 Å². The Morgan fingerprint density at radius 2 is 2.06 bits per heavy atom.